The Morgan fingerprint density at radius 1 is 1.29 bits per heavy atom. The van der Waals surface area contributed by atoms with Gasteiger partial charge in [-0.25, -0.2) is 0 Å². The predicted octanol–water partition coefficient (Wildman–Crippen LogP) is 2.22. The molecule has 1 heterocycles. The lowest BCUT2D eigenvalue weighted by atomic mass is 9.98. The third-order valence-electron chi connectivity index (χ3n) is 5.52. The van der Waals surface area contributed by atoms with Gasteiger partial charge in [-0.2, -0.15) is 0 Å². The summed E-state index contributed by atoms with van der Waals surface area (Å²) in [6, 6.07) is 8.34. The quantitative estimate of drug-likeness (QED) is 0.556. The van der Waals surface area contributed by atoms with Crippen molar-refractivity contribution < 1.29 is 4.79 Å². The maximum Gasteiger partial charge on any atom is 0.253 e. The Morgan fingerprint density at radius 2 is 2.00 bits per heavy atom. The summed E-state index contributed by atoms with van der Waals surface area (Å²) in [6.07, 6.45) is 3.44. The van der Waals surface area contributed by atoms with Crippen LogP contribution >= 0.6 is 0 Å². The molecule has 1 atom stereocenters. The van der Waals surface area contributed by atoms with E-state index in [-0.39, 0.29) is 5.91 Å². The number of rotatable bonds is 7. The van der Waals surface area contributed by atoms with E-state index in [2.05, 4.69) is 40.4 Å². The van der Waals surface area contributed by atoms with Gasteiger partial charge in [-0.05, 0) is 62.9 Å². The Kier molecular flexibility index (Phi) is 8.77. The summed E-state index contributed by atoms with van der Waals surface area (Å²) in [5, 5.41) is 6.82. The lowest BCUT2D eigenvalue weighted by Gasteiger charge is -2.35. The molecule has 2 N–H and O–H groups in total. The van der Waals surface area contributed by atoms with Crippen molar-refractivity contribution in [1.29, 1.82) is 0 Å². The van der Waals surface area contributed by atoms with Gasteiger partial charge in [0, 0.05) is 45.8 Å². The van der Waals surface area contributed by atoms with Crippen molar-refractivity contribution in [1.82, 2.24) is 20.4 Å². The van der Waals surface area contributed by atoms with E-state index in [0.717, 1.165) is 42.5 Å². The number of hydrogen-bond acceptors (Lipinski definition) is 3. The molecule has 1 aromatic rings. The van der Waals surface area contributed by atoms with E-state index in [1.54, 1.807) is 26.0 Å². The average molecular weight is 388 g/mol. The summed E-state index contributed by atoms with van der Waals surface area (Å²) in [6.45, 7) is 8.67. The average Bonchev–Trinajstić information content (AvgIpc) is 2.70. The van der Waals surface area contributed by atoms with Crippen molar-refractivity contribution in [2.45, 2.75) is 39.2 Å². The molecule has 0 saturated carbocycles. The maximum absolute atomic E-state index is 12.1. The third-order valence-corrected chi connectivity index (χ3v) is 5.52. The van der Waals surface area contributed by atoms with Gasteiger partial charge in [-0.3, -0.25) is 14.7 Å². The van der Waals surface area contributed by atoms with Gasteiger partial charge in [0.1, 0.15) is 0 Å². The highest BCUT2D eigenvalue weighted by Crippen LogP contribution is 2.17. The Balaban J connectivity index is 1.75. The second-order valence-corrected chi connectivity index (χ2v) is 8.10. The van der Waals surface area contributed by atoms with Crippen molar-refractivity contribution in [3.05, 3.63) is 35.4 Å². The van der Waals surface area contributed by atoms with Crippen LogP contribution in [-0.4, -0.2) is 75.0 Å². The van der Waals surface area contributed by atoms with Crippen molar-refractivity contribution in [2.24, 2.45) is 10.9 Å². The van der Waals surface area contributed by atoms with E-state index >= 15 is 0 Å². The summed E-state index contributed by atoms with van der Waals surface area (Å²) in [7, 11) is 5.36. The van der Waals surface area contributed by atoms with Crippen LogP contribution in [0.2, 0.25) is 0 Å². The molecule has 1 saturated heterocycles. The summed E-state index contributed by atoms with van der Waals surface area (Å²) < 4.78 is 0. The number of guanidine groups is 1. The summed E-state index contributed by atoms with van der Waals surface area (Å²) in [5.74, 6) is 1.73. The van der Waals surface area contributed by atoms with E-state index in [1.807, 2.05) is 18.2 Å². The van der Waals surface area contributed by atoms with Crippen molar-refractivity contribution in [3.8, 4) is 0 Å². The molecule has 0 bridgehead atoms. The number of aliphatic imine (C=N–C) groups is 1. The van der Waals surface area contributed by atoms with Crippen molar-refractivity contribution in [2.75, 3.05) is 47.3 Å². The van der Waals surface area contributed by atoms with Gasteiger partial charge in [-0.1, -0.05) is 19.1 Å². The largest absolute Gasteiger partial charge is 0.356 e. The van der Waals surface area contributed by atoms with Crippen LogP contribution in [0, 0.1) is 5.92 Å². The Bertz CT molecular complexity index is 650. The van der Waals surface area contributed by atoms with E-state index in [0.29, 0.717) is 6.04 Å². The molecular weight excluding hydrogens is 350 g/mol. The minimum Gasteiger partial charge on any atom is -0.356 e. The number of hydrogen-bond donors (Lipinski definition) is 2. The van der Waals surface area contributed by atoms with Gasteiger partial charge in [0.2, 0.25) is 0 Å². The molecule has 0 radical (unpaired) electrons. The number of carbonyl (C=O) groups is 1. The molecule has 1 aliphatic heterocycles. The second kappa shape index (κ2) is 11.1. The first kappa shape index (κ1) is 22.2. The van der Waals surface area contributed by atoms with Gasteiger partial charge in [0.15, 0.2) is 5.96 Å². The zero-order chi connectivity index (χ0) is 20.5. The smallest absolute Gasteiger partial charge is 0.253 e. The van der Waals surface area contributed by atoms with Crippen LogP contribution < -0.4 is 10.6 Å². The highest BCUT2D eigenvalue weighted by atomic mass is 16.2. The van der Waals surface area contributed by atoms with E-state index < -0.39 is 0 Å². The lowest BCUT2D eigenvalue weighted by Crippen LogP contribution is -2.48. The third kappa shape index (κ3) is 6.82. The molecule has 1 aromatic carbocycles. The fourth-order valence-corrected chi connectivity index (χ4v) is 3.51. The summed E-state index contributed by atoms with van der Waals surface area (Å²) >= 11 is 0. The van der Waals surface area contributed by atoms with Gasteiger partial charge in [0.05, 0.1) is 0 Å². The van der Waals surface area contributed by atoms with Crippen molar-refractivity contribution >= 4 is 11.9 Å². The maximum atomic E-state index is 12.1. The number of nitrogens with one attached hydrogen (secondary N) is 2. The van der Waals surface area contributed by atoms with Crippen LogP contribution in [0.5, 0.6) is 0 Å². The Labute approximate surface area is 170 Å². The fraction of sp³-hybridized carbons (Fsp3) is 0.636. The summed E-state index contributed by atoms with van der Waals surface area (Å²) in [5.41, 5.74) is 1.88. The van der Waals surface area contributed by atoms with Gasteiger partial charge >= 0.3 is 0 Å². The number of likely N-dealkylation sites (tertiary alicyclic amines) is 1. The fourth-order valence-electron chi connectivity index (χ4n) is 3.51. The number of benzene rings is 1. The highest BCUT2D eigenvalue weighted by molar-refractivity contribution is 5.94. The molecule has 1 aliphatic rings. The van der Waals surface area contributed by atoms with Crippen LogP contribution in [-0.2, 0) is 6.42 Å². The van der Waals surface area contributed by atoms with Gasteiger partial charge in [-0.15, -0.1) is 0 Å². The molecule has 0 aliphatic carbocycles. The number of carbonyl (C=O) groups excluding carboxylic acids is 1. The van der Waals surface area contributed by atoms with Crippen LogP contribution in [0.15, 0.2) is 29.3 Å². The summed E-state index contributed by atoms with van der Waals surface area (Å²) in [4.78, 5) is 20.6. The van der Waals surface area contributed by atoms with Crippen LogP contribution in [0.1, 0.15) is 42.6 Å². The molecule has 6 heteroatoms. The monoisotopic (exact) mass is 387 g/mol. The Hall–Kier alpha value is -2.08. The van der Waals surface area contributed by atoms with Gasteiger partial charge < -0.3 is 15.5 Å². The van der Waals surface area contributed by atoms with Crippen LogP contribution in [0.4, 0.5) is 0 Å². The molecule has 156 valence electrons. The standard InChI is InChI=1S/C22H37N5O/c1-17-10-13-27(14-11-17)18(2)16-25-22(23-3)24-12-9-19-7-6-8-20(15-19)21(28)26(4)5/h6-8,15,17-18H,9-14,16H2,1-5H3,(H2,23,24,25). The normalized spacial score (nSPS) is 17.2. The van der Waals surface area contributed by atoms with E-state index in [4.69, 9.17) is 0 Å². The molecule has 28 heavy (non-hydrogen) atoms. The van der Waals surface area contributed by atoms with E-state index in [1.165, 1.54) is 25.9 Å². The number of piperidine rings is 1. The molecule has 2 rings (SSSR count). The first-order valence-electron chi connectivity index (χ1n) is 10.4. The van der Waals surface area contributed by atoms with Crippen LogP contribution in [0.3, 0.4) is 0 Å². The molecule has 1 fully saturated rings. The second-order valence-electron chi connectivity index (χ2n) is 8.10. The SMILES string of the molecule is CN=C(NCCc1cccc(C(=O)N(C)C)c1)NCC(C)N1CCC(C)CC1. The van der Waals surface area contributed by atoms with Crippen molar-refractivity contribution in [3.63, 3.8) is 0 Å². The minimum atomic E-state index is 0.0355. The molecule has 0 spiro atoms. The predicted molar refractivity (Wildman–Crippen MR) is 117 cm³/mol. The minimum absolute atomic E-state index is 0.0355. The van der Waals surface area contributed by atoms with Gasteiger partial charge in [0.25, 0.3) is 5.91 Å². The number of nitrogens with zero attached hydrogens (tertiary/aromatic N) is 3. The molecule has 1 unspecified atom stereocenters. The van der Waals surface area contributed by atoms with Crippen LogP contribution in [0.25, 0.3) is 0 Å². The molecule has 1 amide bonds. The molecule has 0 aromatic heterocycles. The lowest BCUT2D eigenvalue weighted by molar-refractivity contribution is 0.0827. The zero-order valence-electron chi connectivity index (χ0n) is 18.2. The Morgan fingerprint density at radius 3 is 2.64 bits per heavy atom. The topological polar surface area (TPSA) is 60.0 Å². The molecular formula is C22H37N5O. The first-order valence-corrected chi connectivity index (χ1v) is 10.4. The zero-order valence-corrected chi connectivity index (χ0v) is 18.2. The highest BCUT2D eigenvalue weighted by Gasteiger charge is 2.20. The first-order chi connectivity index (χ1) is 13.4. The van der Waals surface area contributed by atoms with E-state index in [9.17, 15) is 4.79 Å². The molecule has 6 nitrogen and oxygen atoms in total. The number of amides is 1.